The molecule has 3 rings (SSSR count). The molecule has 1 saturated carbocycles. The number of nitrogens with two attached hydrogens (primary N) is 1. The topological polar surface area (TPSA) is 96.7 Å². The number of hydrogen-bond acceptors (Lipinski definition) is 4. The van der Waals surface area contributed by atoms with Gasteiger partial charge >= 0.3 is 0 Å². The van der Waals surface area contributed by atoms with Gasteiger partial charge in [-0.05, 0) is 44.0 Å². The molecule has 21 heavy (non-hydrogen) atoms. The molecule has 1 amide bonds. The third kappa shape index (κ3) is 3.59. The van der Waals surface area contributed by atoms with Crippen molar-refractivity contribution >= 4 is 24.0 Å². The van der Waals surface area contributed by atoms with Gasteiger partial charge in [0.2, 0.25) is 5.91 Å². The fourth-order valence-electron chi connectivity index (χ4n) is 1.90. The van der Waals surface area contributed by atoms with E-state index in [1.165, 1.54) is 12.8 Å². The van der Waals surface area contributed by atoms with E-state index in [1.54, 1.807) is 6.92 Å². The summed E-state index contributed by atoms with van der Waals surface area (Å²) >= 11 is 0. The van der Waals surface area contributed by atoms with Crippen LogP contribution in [0, 0.1) is 0 Å². The maximum atomic E-state index is 11.5. The summed E-state index contributed by atoms with van der Waals surface area (Å²) in [5.41, 5.74) is 7.15. The van der Waals surface area contributed by atoms with Crippen LogP contribution in [0.3, 0.4) is 0 Å². The average Bonchev–Trinajstić information content (AvgIpc) is 3.17. The summed E-state index contributed by atoms with van der Waals surface area (Å²) < 4.78 is 0. The minimum atomic E-state index is -0.524. The largest absolute Gasteiger partial charge is 0.325 e. The monoisotopic (exact) mass is 307 g/mol. The van der Waals surface area contributed by atoms with E-state index in [0.717, 1.165) is 11.4 Å². The van der Waals surface area contributed by atoms with Crippen LogP contribution in [0.4, 0.5) is 5.69 Å². The molecule has 1 aromatic heterocycles. The van der Waals surface area contributed by atoms with Crippen LogP contribution in [0.5, 0.6) is 0 Å². The minimum absolute atomic E-state index is 0. The molecular weight excluding hydrogens is 290 g/mol. The lowest BCUT2D eigenvalue weighted by Gasteiger charge is -2.07. The van der Waals surface area contributed by atoms with E-state index >= 15 is 0 Å². The molecule has 112 valence electrons. The predicted molar refractivity (Wildman–Crippen MR) is 83.3 cm³/mol. The fourth-order valence-corrected chi connectivity index (χ4v) is 1.90. The van der Waals surface area contributed by atoms with E-state index in [-0.39, 0.29) is 18.3 Å². The van der Waals surface area contributed by atoms with Gasteiger partial charge in [0.05, 0.1) is 6.04 Å². The van der Waals surface area contributed by atoms with Crippen molar-refractivity contribution in [1.29, 1.82) is 0 Å². The highest BCUT2D eigenvalue weighted by atomic mass is 35.5. The van der Waals surface area contributed by atoms with E-state index in [9.17, 15) is 4.79 Å². The number of hydrogen-bond donors (Lipinski definition) is 3. The van der Waals surface area contributed by atoms with Gasteiger partial charge in [-0.3, -0.25) is 9.89 Å². The van der Waals surface area contributed by atoms with E-state index in [4.69, 9.17) is 5.73 Å². The first-order valence-electron chi connectivity index (χ1n) is 6.72. The van der Waals surface area contributed by atoms with Crippen LogP contribution in [0.2, 0.25) is 0 Å². The first-order chi connectivity index (χ1) is 9.63. The van der Waals surface area contributed by atoms with Crippen molar-refractivity contribution < 1.29 is 4.79 Å². The maximum Gasteiger partial charge on any atom is 0.240 e. The molecule has 1 fully saturated rings. The molecule has 1 heterocycles. The molecule has 0 bridgehead atoms. The molecule has 0 unspecified atom stereocenters. The predicted octanol–water partition coefficient (Wildman–Crippen LogP) is 2.06. The summed E-state index contributed by atoms with van der Waals surface area (Å²) in [4.78, 5) is 16.0. The van der Waals surface area contributed by atoms with E-state index in [1.807, 2.05) is 24.3 Å². The Bertz CT molecular complexity index is 619. The molecule has 0 aliphatic heterocycles. The van der Waals surface area contributed by atoms with Crippen LogP contribution in [0.25, 0.3) is 11.4 Å². The molecule has 0 radical (unpaired) electrons. The molecule has 1 aliphatic rings. The third-order valence-corrected chi connectivity index (χ3v) is 3.29. The van der Waals surface area contributed by atoms with Crippen molar-refractivity contribution in [3.63, 3.8) is 0 Å². The van der Waals surface area contributed by atoms with Gasteiger partial charge < -0.3 is 11.1 Å². The number of anilines is 1. The van der Waals surface area contributed by atoms with Crippen molar-refractivity contribution in [3.8, 4) is 11.4 Å². The molecule has 2 aromatic rings. The van der Waals surface area contributed by atoms with E-state index < -0.39 is 6.04 Å². The summed E-state index contributed by atoms with van der Waals surface area (Å²) in [6.45, 7) is 1.65. The van der Waals surface area contributed by atoms with Crippen molar-refractivity contribution in [2.45, 2.75) is 31.7 Å². The number of aromatic nitrogens is 3. The van der Waals surface area contributed by atoms with Gasteiger partial charge in [0, 0.05) is 17.2 Å². The lowest BCUT2D eigenvalue weighted by Crippen LogP contribution is -2.32. The second-order valence-corrected chi connectivity index (χ2v) is 5.17. The Morgan fingerprint density at radius 1 is 1.38 bits per heavy atom. The molecule has 1 aliphatic carbocycles. The van der Waals surface area contributed by atoms with Gasteiger partial charge in [-0.2, -0.15) is 5.10 Å². The second kappa shape index (κ2) is 6.24. The highest BCUT2D eigenvalue weighted by molar-refractivity contribution is 5.94. The Hall–Kier alpha value is -1.92. The van der Waals surface area contributed by atoms with Gasteiger partial charge in [0.15, 0.2) is 5.82 Å². The summed E-state index contributed by atoms with van der Waals surface area (Å²) in [6.07, 6.45) is 2.38. The van der Waals surface area contributed by atoms with Crippen LogP contribution < -0.4 is 11.1 Å². The van der Waals surface area contributed by atoms with Crippen molar-refractivity contribution in [1.82, 2.24) is 15.2 Å². The summed E-state index contributed by atoms with van der Waals surface area (Å²) in [5, 5.41) is 9.94. The molecular formula is C14H18ClN5O. The Balaban J connectivity index is 0.00000161. The lowest BCUT2D eigenvalue weighted by molar-refractivity contribution is -0.117. The number of halogens is 1. The number of H-pyrrole nitrogens is 1. The zero-order valence-corrected chi connectivity index (χ0v) is 12.5. The number of carbonyl (C=O) groups excluding carboxylic acids is 1. The second-order valence-electron chi connectivity index (χ2n) is 5.17. The maximum absolute atomic E-state index is 11.5. The Labute approximate surface area is 128 Å². The number of nitrogens with one attached hydrogen (secondary N) is 2. The van der Waals surface area contributed by atoms with Gasteiger partial charge in [0.1, 0.15) is 5.82 Å². The molecule has 6 nitrogen and oxygen atoms in total. The first-order valence-corrected chi connectivity index (χ1v) is 6.72. The smallest absolute Gasteiger partial charge is 0.240 e. The number of carbonyl (C=O) groups is 1. The lowest BCUT2D eigenvalue weighted by atomic mass is 10.2. The number of benzene rings is 1. The highest BCUT2D eigenvalue weighted by Gasteiger charge is 2.27. The summed E-state index contributed by atoms with van der Waals surface area (Å²) in [6, 6.07) is 6.89. The number of nitrogens with zero attached hydrogens (tertiary/aromatic N) is 2. The molecule has 0 saturated heterocycles. The van der Waals surface area contributed by atoms with E-state index in [2.05, 4.69) is 20.5 Å². The average molecular weight is 308 g/mol. The molecule has 1 atom stereocenters. The molecule has 0 spiro atoms. The van der Waals surface area contributed by atoms with Crippen LogP contribution in [-0.2, 0) is 4.79 Å². The van der Waals surface area contributed by atoms with Gasteiger partial charge in [-0.15, -0.1) is 12.4 Å². The first kappa shape index (κ1) is 15.5. The summed E-state index contributed by atoms with van der Waals surface area (Å²) in [5.74, 6) is 2.01. The molecule has 7 heteroatoms. The zero-order valence-electron chi connectivity index (χ0n) is 11.7. The summed E-state index contributed by atoms with van der Waals surface area (Å²) in [7, 11) is 0. The van der Waals surface area contributed by atoms with Crippen LogP contribution in [0.15, 0.2) is 24.3 Å². The van der Waals surface area contributed by atoms with Crippen LogP contribution in [0.1, 0.15) is 31.5 Å². The van der Waals surface area contributed by atoms with Gasteiger partial charge in [0.25, 0.3) is 0 Å². The Morgan fingerprint density at radius 3 is 2.62 bits per heavy atom. The minimum Gasteiger partial charge on any atom is -0.325 e. The number of amides is 1. The van der Waals surface area contributed by atoms with Crippen molar-refractivity contribution in [2.24, 2.45) is 5.73 Å². The highest BCUT2D eigenvalue weighted by Crippen LogP contribution is 2.38. The quantitative estimate of drug-likeness (QED) is 0.805. The Kier molecular flexibility index (Phi) is 4.59. The van der Waals surface area contributed by atoms with Crippen LogP contribution in [-0.4, -0.2) is 27.1 Å². The standard InChI is InChI=1S/C14H17N5O.ClH/c1-8(15)14(20)16-11-6-4-10(5-7-11)13-17-12(18-19-13)9-2-3-9;/h4-9H,2-3,15H2,1H3,(H,16,20)(H,17,18,19);1H/t8-;/m1./s1. The number of aromatic amines is 1. The van der Waals surface area contributed by atoms with Crippen molar-refractivity contribution in [3.05, 3.63) is 30.1 Å². The zero-order chi connectivity index (χ0) is 14.1. The van der Waals surface area contributed by atoms with Gasteiger partial charge in [-0.25, -0.2) is 4.98 Å². The normalized spacial score (nSPS) is 15.1. The number of rotatable bonds is 4. The third-order valence-electron chi connectivity index (χ3n) is 3.29. The SMILES string of the molecule is C[C@@H](N)C(=O)Nc1ccc(-c2n[nH]c(C3CC3)n2)cc1.Cl. The molecule has 4 N–H and O–H groups in total. The fraction of sp³-hybridized carbons (Fsp3) is 0.357. The van der Waals surface area contributed by atoms with Crippen molar-refractivity contribution in [2.75, 3.05) is 5.32 Å². The Morgan fingerprint density at radius 2 is 2.05 bits per heavy atom. The van der Waals surface area contributed by atoms with Crippen LogP contribution >= 0.6 is 12.4 Å². The van der Waals surface area contributed by atoms with Gasteiger partial charge in [-0.1, -0.05) is 0 Å². The van der Waals surface area contributed by atoms with E-state index in [0.29, 0.717) is 17.4 Å². The molecule has 1 aromatic carbocycles.